The number of benzene rings is 2. The van der Waals surface area contributed by atoms with Gasteiger partial charge in [0.2, 0.25) is 0 Å². The zero-order valence-electron chi connectivity index (χ0n) is 26.0. The molecule has 2 N–H and O–H groups in total. The van der Waals surface area contributed by atoms with E-state index in [1.807, 2.05) is 0 Å². The highest BCUT2D eigenvalue weighted by Crippen LogP contribution is 2.31. The molecule has 52 heavy (non-hydrogen) atoms. The van der Waals surface area contributed by atoms with Crippen molar-refractivity contribution < 1.29 is 91.4 Å². The first-order valence-electron chi connectivity index (χ1n) is 14.0. The van der Waals surface area contributed by atoms with Crippen LogP contribution in [0.25, 0.3) is 0 Å². The summed E-state index contributed by atoms with van der Waals surface area (Å²) in [5.41, 5.74) is -2.91. The second kappa shape index (κ2) is 14.1. The zero-order valence-corrected chi connectivity index (χ0v) is 27.7. The van der Waals surface area contributed by atoms with Gasteiger partial charge in [-0.15, -0.1) is 18.7 Å². The third kappa shape index (κ3) is 7.42. The van der Waals surface area contributed by atoms with E-state index in [-0.39, 0.29) is 11.1 Å². The Hall–Kier alpha value is -5.14. The minimum absolute atomic E-state index is 0.349. The molecule has 2 aromatic rings. The molecule has 0 saturated carbocycles. The van der Waals surface area contributed by atoms with E-state index in [0.29, 0.717) is 0 Å². The van der Waals surface area contributed by atoms with E-state index in [1.165, 1.54) is 26.0 Å². The monoisotopic (exact) mass is 782 g/mol. The first-order valence-corrected chi connectivity index (χ1v) is 16.8. The maximum atomic E-state index is 13.5. The maximum Gasteiger partial charge on any atom is 0.394 e. The SMILES string of the molecule is CC(/C=C/C(C)OC(=O)c1ccc2c(c1)C(=O)N(OS(=O)(=O)C(F)(F)CO)C2=O)OC(=O)c1ccc2c(c1)C(=O)N(OS(=O)(=O)C(F)(F)CO)C2=O. The van der Waals surface area contributed by atoms with Gasteiger partial charge in [-0.25, -0.2) is 9.59 Å². The first-order chi connectivity index (χ1) is 24.0. The second-order valence-corrected chi connectivity index (χ2v) is 13.9. The average molecular weight is 783 g/mol. The zero-order chi connectivity index (χ0) is 39.1. The summed E-state index contributed by atoms with van der Waals surface area (Å²) < 4.78 is 119. The van der Waals surface area contributed by atoms with Crippen molar-refractivity contribution in [2.45, 2.75) is 36.6 Å². The Morgan fingerprint density at radius 2 is 0.962 bits per heavy atom. The first kappa shape index (κ1) is 39.6. The fourth-order valence-corrected chi connectivity index (χ4v) is 5.35. The molecular formula is C28H22F4N2O16S2. The van der Waals surface area contributed by atoms with Gasteiger partial charge in [-0.1, -0.05) is 0 Å². The van der Waals surface area contributed by atoms with Gasteiger partial charge in [0.05, 0.1) is 33.4 Å². The van der Waals surface area contributed by atoms with Crippen LogP contribution in [0.3, 0.4) is 0 Å². The number of rotatable bonds is 14. The number of hydrogen-bond acceptors (Lipinski definition) is 16. The van der Waals surface area contributed by atoms with Gasteiger partial charge in [-0.05, 0) is 62.4 Å². The third-order valence-corrected chi connectivity index (χ3v) is 9.27. The van der Waals surface area contributed by atoms with E-state index in [1.54, 1.807) is 0 Å². The van der Waals surface area contributed by atoms with Crippen molar-refractivity contribution >= 4 is 55.8 Å². The number of halogens is 4. The van der Waals surface area contributed by atoms with Crippen molar-refractivity contribution in [3.8, 4) is 0 Å². The highest BCUT2D eigenvalue weighted by atomic mass is 32.2. The number of carbonyl (C=O) groups excluding carboxylic acids is 6. The quantitative estimate of drug-likeness (QED) is 0.117. The van der Waals surface area contributed by atoms with Gasteiger partial charge in [0, 0.05) is 0 Å². The van der Waals surface area contributed by atoms with Crippen LogP contribution in [0.2, 0.25) is 0 Å². The molecule has 0 saturated heterocycles. The summed E-state index contributed by atoms with van der Waals surface area (Å²) >= 11 is 0. The number of imide groups is 2. The number of carbonyl (C=O) groups is 6. The number of alkyl halides is 4. The van der Waals surface area contributed by atoms with E-state index in [0.717, 1.165) is 36.4 Å². The van der Waals surface area contributed by atoms with Crippen molar-refractivity contribution in [1.29, 1.82) is 0 Å². The Morgan fingerprint density at radius 1 is 0.654 bits per heavy atom. The van der Waals surface area contributed by atoms with E-state index in [4.69, 9.17) is 19.7 Å². The maximum absolute atomic E-state index is 13.5. The van der Waals surface area contributed by atoms with Crippen molar-refractivity contribution in [1.82, 2.24) is 10.1 Å². The molecule has 2 atom stereocenters. The topological polar surface area (TPSA) is 255 Å². The molecule has 24 heteroatoms. The molecule has 4 amide bonds. The molecule has 0 aromatic heterocycles. The Bertz CT molecular complexity index is 1990. The van der Waals surface area contributed by atoms with Crippen LogP contribution in [0.5, 0.6) is 0 Å². The number of fused-ring (bicyclic) bond motifs is 2. The van der Waals surface area contributed by atoms with Gasteiger partial charge in [-0.3, -0.25) is 19.2 Å². The lowest BCUT2D eigenvalue weighted by Crippen LogP contribution is -2.41. The minimum Gasteiger partial charge on any atom is -0.455 e. The second-order valence-electron chi connectivity index (χ2n) is 10.6. The van der Waals surface area contributed by atoms with Crippen molar-refractivity contribution in [2.24, 2.45) is 0 Å². The molecule has 0 spiro atoms. The van der Waals surface area contributed by atoms with Crippen LogP contribution in [0, 0.1) is 0 Å². The molecule has 2 heterocycles. The molecule has 4 rings (SSSR count). The molecule has 0 radical (unpaired) electrons. The van der Waals surface area contributed by atoms with Gasteiger partial charge in [0.1, 0.15) is 25.4 Å². The van der Waals surface area contributed by atoms with E-state index in [2.05, 4.69) is 8.57 Å². The van der Waals surface area contributed by atoms with Crippen LogP contribution in [0.1, 0.15) is 76.0 Å². The van der Waals surface area contributed by atoms with Crippen molar-refractivity contribution in [3.05, 3.63) is 81.9 Å². The Labute approximate surface area is 288 Å². The standard InChI is InChI=1S/C28H22F4N2O16S2/c1-13(47-25(41)15-5-7-17-19(9-15)23(39)33(21(17)37)49-51(43,44)27(29,30)11-35)3-4-14(2)48-26(42)16-6-8-18-20(10-16)24(40)34(22(18)38)50-52(45,46)28(31,32)12-36/h3-10,13-14,35-36H,11-12H2,1-2H3/b4-3+. The predicted molar refractivity (Wildman–Crippen MR) is 157 cm³/mol. The fraction of sp³-hybridized carbons (Fsp3) is 0.286. The van der Waals surface area contributed by atoms with Gasteiger partial charge in [0.25, 0.3) is 23.6 Å². The van der Waals surface area contributed by atoms with Crippen molar-refractivity contribution in [3.63, 3.8) is 0 Å². The number of hydrogen-bond donors (Lipinski definition) is 2. The molecule has 0 fully saturated rings. The summed E-state index contributed by atoms with van der Waals surface area (Å²) in [6, 6.07) is 5.41. The Morgan fingerprint density at radius 3 is 1.27 bits per heavy atom. The number of aliphatic hydroxyl groups is 2. The number of esters is 2. The number of amides is 4. The summed E-state index contributed by atoms with van der Waals surface area (Å²) in [4.78, 5) is 75.3. The smallest absolute Gasteiger partial charge is 0.394 e. The predicted octanol–water partition coefficient (Wildman–Crippen LogP) is 0.919. The lowest BCUT2D eigenvalue weighted by Gasteiger charge is -2.17. The third-order valence-electron chi connectivity index (χ3n) is 6.85. The molecule has 2 aromatic carbocycles. The summed E-state index contributed by atoms with van der Waals surface area (Å²) in [7, 11) is -12.0. The molecule has 0 aliphatic carbocycles. The molecule has 18 nitrogen and oxygen atoms in total. The van der Waals surface area contributed by atoms with E-state index in [9.17, 15) is 63.2 Å². The number of ether oxygens (including phenoxy) is 2. The van der Waals surface area contributed by atoms with Crippen molar-refractivity contribution in [2.75, 3.05) is 13.2 Å². The van der Waals surface area contributed by atoms with Gasteiger partial charge in [-0.2, -0.15) is 34.4 Å². The minimum atomic E-state index is -5.98. The highest BCUT2D eigenvalue weighted by Gasteiger charge is 2.52. The van der Waals surface area contributed by atoms with Crippen LogP contribution < -0.4 is 0 Å². The summed E-state index contributed by atoms with van der Waals surface area (Å²) in [5, 5.41) is 6.52. The normalized spacial score (nSPS) is 16.3. The van der Waals surface area contributed by atoms with Gasteiger partial charge >= 0.3 is 42.7 Å². The fourth-order valence-electron chi connectivity index (χ4n) is 4.16. The average Bonchev–Trinajstić information content (AvgIpc) is 3.45. The number of hydroxylamine groups is 4. The lowest BCUT2D eigenvalue weighted by molar-refractivity contribution is -0.0355. The van der Waals surface area contributed by atoms with E-state index >= 15 is 0 Å². The molecule has 0 bridgehead atoms. The Kier molecular flexibility index (Phi) is 10.8. The van der Waals surface area contributed by atoms with Gasteiger partial charge in [0.15, 0.2) is 0 Å². The molecular weight excluding hydrogens is 760 g/mol. The molecule has 2 aliphatic heterocycles. The summed E-state index contributed by atoms with van der Waals surface area (Å²) in [6.45, 7) is -1.73. The van der Waals surface area contributed by atoms with Crippen LogP contribution in [0.15, 0.2) is 48.6 Å². The lowest BCUT2D eigenvalue weighted by atomic mass is 10.1. The number of nitrogens with zero attached hydrogens (tertiary/aromatic N) is 2. The van der Waals surface area contributed by atoms with Crippen LogP contribution in [0.4, 0.5) is 17.6 Å². The van der Waals surface area contributed by atoms with Crippen LogP contribution >= 0.6 is 0 Å². The molecule has 2 unspecified atom stereocenters. The summed E-state index contributed by atoms with van der Waals surface area (Å²) in [6.07, 6.45) is 0.355. The Balaban J connectivity index is 1.37. The summed E-state index contributed by atoms with van der Waals surface area (Å²) in [5.74, 6) is -8.12. The highest BCUT2D eigenvalue weighted by molar-refractivity contribution is 7.88. The van der Waals surface area contributed by atoms with Crippen LogP contribution in [-0.4, -0.2) is 109 Å². The largest absolute Gasteiger partial charge is 0.455 e. The van der Waals surface area contributed by atoms with Crippen LogP contribution in [-0.2, 0) is 38.3 Å². The van der Waals surface area contributed by atoms with E-state index < -0.39 is 124 Å². The molecule has 280 valence electrons. The molecule has 2 aliphatic rings. The van der Waals surface area contributed by atoms with Gasteiger partial charge < -0.3 is 19.7 Å². The number of aliphatic hydroxyl groups excluding tert-OH is 2.